The molecule has 0 aliphatic carbocycles. The molecule has 1 aromatic heterocycles. The first kappa shape index (κ1) is 20.8. The smallest absolute Gasteiger partial charge is 0.258 e. The number of rotatable bonds is 7. The molecule has 160 valence electrons. The second kappa shape index (κ2) is 9.57. The first-order chi connectivity index (χ1) is 15.1. The Hall–Kier alpha value is -3.45. The van der Waals surface area contributed by atoms with E-state index in [1.165, 1.54) is 6.08 Å². The number of nitrogens with zero attached hydrogens (tertiary/aromatic N) is 2. The third-order valence-corrected chi connectivity index (χ3v) is 5.27. The summed E-state index contributed by atoms with van der Waals surface area (Å²) in [5.41, 5.74) is 1.26. The Bertz CT molecular complexity index is 1150. The van der Waals surface area contributed by atoms with Gasteiger partial charge in [-0.25, -0.2) is 4.98 Å². The van der Waals surface area contributed by atoms with Gasteiger partial charge < -0.3 is 19.4 Å². The number of ether oxygens (including phenoxy) is 2. The van der Waals surface area contributed by atoms with Gasteiger partial charge in [0.25, 0.3) is 5.56 Å². The zero-order valence-corrected chi connectivity index (χ0v) is 17.4. The summed E-state index contributed by atoms with van der Waals surface area (Å²) in [6.07, 6.45) is 5.16. The van der Waals surface area contributed by atoms with Gasteiger partial charge in [-0.1, -0.05) is 24.3 Å². The third kappa shape index (κ3) is 5.19. The average Bonchev–Trinajstić information content (AvgIpc) is 3.30. The van der Waals surface area contributed by atoms with Crippen molar-refractivity contribution in [2.45, 2.75) is 25.5 Å². The number of aromatic nitrogens is 2. The molecule has 1 aliphatic heterocycles. The summed E-state index contributed by atoms with van der Waals surface area (Å²) in [6, 6.07) is 14.7. The predicted molar refractivity (Wildman–Crippen MR) is 119 cm³/mol. The van der Waals surface area contributed by atoms with Gasteiger partial charge in [-0.05, 0) is 48.7 Å². The van der Waals surface area contributed by atoms with E-state index in [0.717, 1.165) is 24.2 Å². The van der Waals surface area contributed by atoms with Crippen LogP contribution in [0.1, 0.15) is 24.2 Å². The minimum Gasteiger partial charge on any atom is -0.497 e. The maximum absolute atomic E-state index is 13.0. The lowest BCUT2D eigenvalue weighted by Gasteiger charge is -2.24. The number of fused-ring (bicyclic) bond motifs is 1. The molecule has 1 aliphatic rings. The number of methoxy groups -OCH3 is 1. The maximum atomic E-state index is 13.0. The Kier molecular flexibility index (Phi) is 6.43. The molecule has 2 heterocycles. The van der Waals surface area contributed by atoms with E-state index in [-0.39, 0.29) is 24.1 Å². The SMILES string of the molecule is COc1cccc(/C=C/C(=O)N(Cc2nc3ccccc3c(=O)[nH]2)C[C@H]2CCCO2)c1. The molecule has 1 atom stereocenters. The van der Waals surface area contributed by atoms with E-state index < -0.39 is 0 Å². The van der Waals surface area contributed by atoms with Gasteiger partial charge in [0.15, 0.2) is 0 Å². The Balaban J connectivity index is 1.57. The van der Waals surface area contributed by atoms with Crippen molar-refractivity contribution in [1.29, 1.82) is 0 Å². The molecule has 2 aromatic carbocycles. The first-order valence-corrected chi connectivity index (χ1v) is 10.3. The number of carbonyl (C=O) groups is 1. The molecule has 1 N–H and O–H groups in total. The molecule has 0 radical (unpaired) electrons. The lowest BCUT2D eigenvalue weighted by Crippen LogP contribution is -2.36. The molecule has 0 spiro atoms. The monoisotopic (exact) mass is 419 g/mol. The standard InChI is InChI=1S/C24H25N3O4/c1-30-18-7-4-6-17(14-18)11-12-23(28)27(15-19-8-5-13-31-19)16-22-25-21-10-3-2-9-20(21)24(29)26-22/h2-4,6-7,9-12,14,19H,5,8,13,15-16H2,1H3,(H,25,26,29)/b12-11+/t19-/m1/s1. The second-order valence-corrected chi connectivity index (χ2v) is 7.49. The van der Waals surface area contributed by atoms with Gasteiger partial charge in [-0.15, -0.1) is 0 Å². The molecule has 1 fully saturated rings. The number of benzene rings is 2. The lowest BCUT2D eigenvalue weighted by molar-refractivity contribution is -0.128. The second-order valence-electron chi connectivity index (χ2n) is 7.49. The average molecular weight is 419 g/mol. The van der Waals surface area contributed by atoms with Crippen LogP contribution in [0.5, 0.6) is 5.75 Å². The highest BCUT2D eigenvalue weighted by atomic mass is 16.5. The van der Waals surface area contributed by atoms with Crippen LogP contribution in [0.2, 0.25) is 0 Å². The van der Waals surface area contributed by atoms with Crippen molar-refractivity contribution in [3.05, 3.63) is 76.3 Å². The summed E-state index contributed by atoms with van der Waals surface area (Å²) in [7, 11) is 1.61. The van der Waals surface area contributed by atoms with Crippen molar-refractivity contribution in [3.8, 4) is 5.75 Å². The van der Waals surface area contributed by atoms with Crippen molar-refractivity contribution in [1.82, 2.24) is 14.9 Å². The fourth-order valence-electron chi connectivity index (χ4n) is 3.68. The molecular weight excluding hydrogens is 394 g/mol. The normalized spacial score (nSPS) is 16.1. The maximum Gasteiger partial charge on any atom is 0.258 e. The van der Waals surface area contributed by atoms with Crippen LogP contribution < -0.4 is 10.3 Å². The van der Waals surface area contributed by atoms with Crippen LogP contribution in [0, 0.1) is 0 Å². The number of hydrogen-bond donors (Lipinski definition) is 1. The first-order valence-electron chi connectivity index (χ1n) is 10.3. The van der Waals surface area contributed by atoms with E-state index in [9.17, 15) is 9.59 Å². The van der Waals surface area contributed by atoms with Gasteiger partial charge >= 0.3 is 0 Å². The van der Waals surface area contributed by atoms with E-state index in [1.54, 1.807) is 36.3 Å². The zero-order valence-electron chi connectivity index (χ0n) is 17.4. The van der Waals surface area contributed by atoms with Gasteiger partial charge in [0.1, 0.15) is 11.6 Å². The molecule has 1 amide bonds. The van der Waals surface area contributed by atoms with Gasteiger partial charge in [0, 0.05) is 19.2 Å². The van der Waals surface area contributed by atoms with E-state index in [0.29, 0.717) is 29.9 Å². The summed E-state index contributed by atoms with van der Waals surface area (Å²) >= 11 is 0. The van der Waals surface area contributed by atoms with E-state index in [4.69, 9.17) is 9.47 Å². The van der Waals surface area contributed by atoms with Gasteiger partial charge in [0.2, 0.25) is 5.91 Å². The van der Waals surface area contributed by atoms with Crippen LogP contribution in [0.15, 0.2) is 59.4 Å². The van der Waals surface area contributed by atoms with E-state index in [2.05, 4.69) is 9.97 Å². The van der Waals surface area contributed by atoms with Crippen LogP contribution in [0.3, 0.4) is 0 Å². The topological polar surface area (TPSA) is 84.5 Å². The van der Waals surface area contributed by atoms with Crippen molar-refractivity contribution < 1.29 is 14.3 Å². The highest BCUT2D eigenvalue weighted by molar-refractivity contribution is 5.91. The minimum absolute atomic E-state index is 0.0126. The molecule has 31 heavy (non-hydrogen) atoms. The fourth-order valence-corrected chi connectivity index (χ4v) is 3.68. The number of nitrogens with one attached hydrogen (secondary N) is 1. The molecular formula is C24H25N3O4. The Labute approximate surface area is 180 Å². The summed E-state index contributed by atoms with van der Waals surface area (Å²) in [5, 5.41) is 0.529. The summed E-state index contributed by atoms with van der Waals surface area (Å²) in [6.45, 7) is 1.34. The highest BCUT2D eigenvalue weighted by Gasteiger charge is 2.22. The molecule has 7 nitrogen and oxygen atoms in total. The summed E-state index contributed by atoms with van der Waals surface area (Å²) in [5.74, 6) is 1.00. The quantitative estimate of drug-likeness (QED) is 0.595. The third-order valence-electron chi connectivity index (χ3n) is 5.27. The zero-order chi connectivity index (χ0) is 21.6. The predicted octanol–water partition coefficient (Wildman–Crippen LogP) is 3.15. The molecule has 4 rings (SSSR count). The van der Waals surface area contributed by atoms with E-state index >= 15 is 0 Å². The van der Waals surface area contributed by atoms with Crippen LogP contribution in [-0.2, 0) is 16.1 Å². The Morgan fingerprint density at radius 3 is 2.97 bits per heavy atom. The van der Waals surface area contributed by atoms with Crippen LogP contribution in [0.4, 0.5) is 0 Å². The fraction of sp³-hybridized carbons (Fsp3) is 0.292. The van der Waals surface area contributed by atoms with Crippen LogP contribution >= 0.6 is 0 Å². The number of carbonyl (C=O) groups excluding carboxylic acids is 1. The number of H-pyrrole nitrogens is 1. The van der Waals surface area contributed by atoms with Gasteiger partial charge in [-0.3, -0.25) is 9.59 Å². The van der Waals surface area contributed by atoms with Gasteiger partial charge in [-0.2, -0.15) is 0 Å². The summed E-state index contributed by atoms with van der Waals surface area (Å²) < 4.78 is 11.0. The molecule has 3 aromatic rings. The van der Waals surface area contributed by atoms with Crippen molar-refractivity contribution in [3.63, 3.8) is 0 Å². The van der Waals surface area contributed by atoms with E-state index in [1.807, 2.05) is 30.3 Å². The number of para-hydroxylation sites is 1. The molecule has 1 saturated heterocycles. The molecule has 7 heteroatoms. The Morgan fingerprint density at radius 2 is 2.16 bits per heavy atom. The number of amides is 1. The highest BCUT2D eigenvalue weighted by Crippen LogP contribution is 2.17. The van der Waals surface area contributed by atoms with Crippen molar-refractivity contribution >= 4 is 22.9 Å². The molecule has 0 saturated carbocycles. The van der Waals surface area contributed by atoms with Crippen LogP contribution in [-0.4, -0.2) is 47.1 Å². The number of hydrogen-bond acceptors (Lipinski definition) is 5. The van der Waals surface area contributed by atoms with Gasteiger partial charge in [0.05, 0.1) is 30.7 Å². The Morgan fingerprint density at radius 1 is 1.29 bits per heavy atom. The number of aromatic amines is 1. The lowest BCUT2D eigenvalue weighted by atomic mass is 10.2. The molecule has 0 unspecified atom stereocenters. The van der Waals surface area contributed by atoms with Crippen molar-refractivity contribution in [2.24, 2.45) is 0 Å². The minimum atomic E-state index is -0.211. The molecule has 0 bridgehead atoms. The largest absolute Gasteiger partial charge is 0.497 e. The van der Waals surface area contributed by atoms with Crippen molar-refractivity contribution in [2.75, 3.05) is 20.3 Å². The van der Waals surface area contributed by atoms with Crippen LogP contribution in [0.25, 0.3) is 17.0 Å². The summed E-state index contributed by atoms with van der Waals surface area (Å²) in [4.78, 5) is 34.5.